The van der Waals surface area contributed by atoms with Gasteiger partial charge < -0.3 is 72.5 Å². The van der Waals surface area contributed by atoms with E-state index >= 15 is 0 Å². The molecule has 12 N–H and O–H groups in total. The fraction of sp³-hybridized carbons (Fsp3) is 0.283. The van der Waals surface area contributed by atoms with Crippen LogP contribution in [0.3, 0.4) is 0 Å². The molecule has 0 saturated carbocycles. The lowest BCUT2D eigenvalue weighted by Gasteiger charge is -2.38. The summed E-state index contributed by atoms with van der Waals surface area (Å²) in [6, 6.07) is 32.8. The first kappa shape index (κ1) is 44.5. The highest BCUT2D eigenvalue weighted by atomic mass is 16.6. The van der Waals surface area contributed by atoms with Crippen molar-refractivity contribution in [3.63, 3.8) is 0 Å². The van der Waals surface area contributed by atoms with Crippen LogP contribution in [-0.2, 0) is 15.1 Å². The highest BCUT2D eigenvalue weighted by Crippen LogP contribution is 2.59. The number of carbonyl (C=O) groups is 3. The van der Waals surface area contributed by atoms with Gasteiger partial charge in [-0.05, 0) is 88.3 Å². The third-order valence-electron chi connectivity index (χ3n) is 10.4. The minimum absolute atomic E-state index is 0.187. The molecular formula is C46H52N8O9. The van der Waals surface area contributed by atoms with E-state index in [1.54, 1.807) is 117 Å². The van der Waals surface area contributed by atoms with Gasteiger partial charge in [-0.15, -0.1) is 0 Å². The molecule has 2 aliphatic rings. The third-order valence-corrected chi connectivity index (χ3v) is 10.4. The normalized spacial score (nSPS) is 18.2. The molecular weight excluding hydrogens is 809 g/mol. The molecule has 0 fully saturated rings. The first-order valence-electron chi connectivity index (χ1n) is 20.6. The number of aliphatic hydroxyl groups excluding tert-OH is 2. The Balaban J connectivity index is 1.15. The Morgan fingerprint density at radius 1 is 0.698 bits per heavy atom. The second-order valence-corrected chi connectivity index (χ2v) is 15.3. The number of anilines is 2. The van der Waals surface area contributed by atoms with Crippen LogP contribution in [0, 0.1) is 0 Å². The summed E-state index contributed by atoms with van der Waals surface area (Å²) in [6.45, 7) is 4.23. The molecule has 5 aromatic rings. The molecule has 0 bridgehead atoms. The summed E-state index contributed by atoms with van der Waals surface area (Å²) in [6.07, 6.45) is -4.35. The maximum atomic E-state index is 13.8. The molecule has 7 atom stereocenters. The Hall–Kier alpha value is -6.57. The van der Waals surface area contributed by atoms with Gasteiger partial charge in [0.05, 0.1) is 18.4 Å². The van der Waals surface area contributed by atoms with Crippen LogP contribution >= 0.6 is 0 Å². The van der Waals surface area contributed by atoms with Crippen molar-refractivity contribution in [1.82, 2.24) is 21.3 Å². The van der Waals surface area contributed by atoms with Crippen LogP contribution in [0.25, 0.3) is 0 Å². The molecule has 0 aromatic heterocycles. The van der Waals surface area contributed by atoms with Gasteiger partial charge in [-0.2, -0.15) is 0 Å². The molecule has 17 nitrogen and oxygen atoms in total. The number of ether oxygens (including phenoxy) is 4. The number of amides is 3. The van der Waals surface area contributed by atoms with Crippen molar-refractivity contribution in [2.45, 2.75) is 69.2 Å². The zero-order valence-electron chi connectivity index (χ0n) is 34.7. The van der Waals surface area contributed by atoms with E-state index in [9.17, 15) is 24.6 Å². The first-order valence-corrected chi connectivity index (χ1v) is 20.6. The summed E-state index contributed by atoms with van der Waals surface area (Å²) in [5, 5.41) is 40.3. The summed E-state index contributed by atoms with van der Waals surface area (Å²) in [7, 11) is 0. The molecule has 5 aromatic carbocycles. The van der Waals surface area contributed by atoms with Crippen LogP contribution in [0.4, 0.5) is 21.0 Å². The Labute approximate surface area is 364 Å². The van der Waals surface area contributed by atoms with Gasteiger partial charge in [0.1, 0.15) is 35.3 Å². The predicted molar refractivity (Wildman–Crippen MR) is 235 cm³/mol. The number of hydrogen-bond donors (Lipinski definition) is 10. The summed E-state index contributed by atoms with van der Waals surface area (Å²) < 4.78 is 23.9. The third kappa shape index (κ3) is 10.7. The van der Waals surface area contributed by atoms with Crippen molar-refractivity contribution in [3.05, 3.63) is 144 Å². The van der Waals surface area contributed by atoms with Gasteiger partial charge in [0.25, 0.3) is 0 Å². The van der Waals surface area contributed by atoms with E-state index in [1.807, 2.05) is 18.2 Å². The molecule has 3 unspecified atom stereocenters. The maximum absolute atomic E-state index is 13.8. The summed E-state index contributed by atoms with van der Waals surface area (Å²) in [5.41, 5.74) is 13.6. The van der Waals surface area contributed by atoms with Crippen molar-refractivity contribution in [2.75, 3.05) is 23.7 Å². The number of rotatable bonds is 17. The smallest absolute Gasteiger partial charge is 0.413 e. The lowest BCUT2D eigenvalue weighted by Crippen LogP contribution is -2.49. The van der Waals surface area contributed by atoms with Gasteiger partial charge >= 0.3 is 12.2 Å². The zero-order chi connectivity index (χ0) is 44.5. The number of carbonyl (C=O) groups excluding carboxylic acids is 3. The number of nitrogens with two attached hydrogens (primary N) is 2. The molecule has 3 amide bonds. The van der Waals surface area contributed by atoms with E-state index in [4.69, 9.17) is 30.4 Å². The second kappa shape index (κ2) is 20.1. The molecule has 17 heteroatoms. The van der Waals surface area contributed by atoms with Crippen LogP contribution < -0.4 is 57.6 Å². The lowest BCUT2D eigenvalue weighted by molar-refractivity contribution is -0.142. The highest BCUT2D eigenvalue weighted by Gasteiger charge is 2.52. The van der Waals surface area contributed by atoms with E-state index in [2.05, 4.69) is 31.9 Å². The number of nitrogens with one attached hydrogen (secondary N) is 6. The van der Waals surface area contributed by atoms with E-state index in [0.717, 1.165) is 0 Å². The van der Waals surface area contributed by atoms with Crippen molar-refractivity contribution in [1.29, 1.82) is 0 Å². The standard InChI is InChI=1S/C46H52N8O9/c1-27(47)49-23-21-37(53-44(58)60-31-11-5-3-6-12-31)41(55)51-29-17-19-35-39(25-29)62-40-26-30(18-20-36(40)46(35)34-16-10-9-15-33(34)43(57)63-46)52-42(56)38(22-24-50-28(2)48)54-45(59)61-32-13-7-4-8-14-32/h3-20,25-28,37-38,41,43,49-51,55,57H,21-24,47-48H2,1-2H3,(H,52,56)(H,53,58)(H,54,59)/t27-,28-,37?,38?,41+,43-,46?/m1/s1. The number of para-hydroxylation sites is 2. The van der Waals surface area contributed by atoms with Crippen LogP contribution in [0.15, 0.2) is 121 Å². The van der Waals surface area contributed by atoms with Gasteiger partial charge in [0.15, 0.2) is 11.9 Å². The van der Waals surface area contributed by atoms with Gasteiger partial charge in [0.2, 0.25) is 5.91 Å². The van der Waals surface area contributed by atoms with Crippen LogP contribution in [0.1, 0.15) is 55.2 Å². The maximum Gasteiger partial charge on any atom is 0.413 e. The monoisotopic (exact) mass is 860 g/mol. The summed E-state index contributed by atoms with van der Waals surface area (Å²) in [4.78, 5) is 39.7. The van der Waals surface area contributed by atoms with Crippen molar-refractivity contribution in [3.8, 4) is 23.0 Å². The van der Waals surface area contributed by atoms with E-state index in [-0.39, 0.29) is 25.2 Å². The van der Waals surface area contributed by atoms with Crippen molar-refractivity contribution >= 4 is 29.5 Å². The predicted octanol–water partition coefficient (Wildman–Crippen LogP) is 4.66. The SMILES string of the molecule is C[C@H](N)NCCC(NC(=O)Oc1ccccc1)C(=O)Nc1ccc2c(c1)Oc1cc(N[C@@H](O)C(CCN[C@H](C)N)NC(=O)Oc3ccccc3)ccc1C21O[C@@H](O)c2ccccc21. The van der Waals surface area contributed by atoms with Crippen LogP contribution in [-0.4, -0.2) is 72.0 Å². The Morgan fingerprint density at radius 2 is 1.24 bits per heavy atom. The Bertz CT molecular complexity index is 2370. The molecule has 2 aliphatic heterocycles. The van der Waals surface area contributed by atoms with Gasteiger partial charge in [-0.3, -0.25) is 4.79 Å². The largest absolute Gasteiger partial charge is 0.456 e. The average molecular weight is 861 g/mol. The van der Waals surface area contributed by atoms with Crippen LogP contribution in [0.2, 0.25) is 0 Å². The van der Waals surface area contributed by atoms with Gasteiger partial charge in [-0.25, -0.2) is 9.59 Å². The molecule has 0 aliphatic carbocycles. The molecule has 330 valence electrons. The Kier molecular flexibility index (Phi) is 14.2. The topological polar surface area (TPSA) is 253 Å². The number of fused-ring (bicyclic) bond motifs is 6. The molecule has 0 saturated heterocycles. The molecule has 63 heavy (non-hydrogen) atoms. The lowest BCUT2D eigenvalue weighted by atomic mass is 9.77. The van der Waals surface area contributed by atoms with E-state index in [0.29, 0.717) is 69.7 Å². The highest BCUT2D eigenvalue weighted by molar-refractivity contribution is 5.97. The Morgan fingerprint density at radius 3 is 1.86 bits per heavy atom. The minimum Gasteiger partial charge on any atom is -0.456 e. The quantitative estimate of drug-likeness (QED) is 0.0572. The molecule has 0 radical (unpaired) electrons. The molecule has 2 heterocycles. The summed E-state index contributed by atoms with van der Waals surface area (Å²) >= 11 is 0. The van der Waals surface area contributed by atoms with Gasteiger partial charge in [-0.1, -0.05) is 60.7 Å². The second-order valence-electron chi connectivity index (χ2n) is 15.3. The van der Waals surface area contributed by atoms with E-state index in [1.165, 1.54) is 0 Å². The first-order chi connectivity index (χ1) is 30.4. The summed E-state index contributed by atoms with van der Waals surface area (Å²) in [5.74, 6) is 0.751. The van der Waals surface area contributed by atoms with Crippen LogP contribution in [0.5, 0.6) is 23.0 Å². The van der Waals surface area contributed by atoms with Crippen molar-refractivity contribution < 1.29 is 43.5 Å². The zero-order valence-corrected chi connectivity index (χ0v) is 34.7. The van der Waals surface area contributed by atoms with E-state index < -0.39 is 48.3 Å². The molecule has 7 rings (SSSR count). The minimum atomic E-state index is -1.34. The number of aliphatic hydroxyl groups is 2. The van der Waals surface area contributed by atoms with Gasteiger partial charge in [0, 0.05) is 45.8 Å². The van der Waals surface area contributed by atoms with Crippen molar-refractivity contribution in [2.24, 2.45) is 11.5 Å². The average Bonchev–Trinajstić information content (AvgIpc) is 3.55. The number of hydrogen-bond acceptors (Lipinski definition) is 14. The fourth-order valence-electron chi connectivity index (χ4n) is 7.51. The number of benzene rings is 5. The molecule has 1 spiro atoms. The fourth-order valence-corrected chi connectivity index (χ4v) is 7.51.